The summed E-state index contributed by atoms with van der Waals surface area (Å²) in [7, 11) is 1.83. The van der Waals surface area contributed by atoms with E-state index in [4.69, 9.17) is 0 Å². The van der Waals surface area contributed by atoms with Gasteiger partial charge in [0.2, 0.25) is 0 Å². The molecule has 0 heterocycles. The molecule has 128 valence electrons. The topological polar surface area (TPSA) is 36.4 Å². The number of halogens is 1. The van der Waals surface area contributed by atoms with Crippen molar-refractivity contribution in [1.29, 1.82) is 0 Å². The number of hydrogen-bond donors (Lipinski definition) is 2. The van der Waals surface area contributed by atoms with Crippen LogP contribution in [0.1, 0.15) is 36.9 Å². The standard InChI is InChI=1S/C20H25N3.HI/c1-16(17-9-5-3-6-10-17)23-19(21-2)22-15-20(13-14-20)18-11-7-4-8-12-18;/h3-12,16H,13-15H2,1-2H3,(H2,21,22,23);1H. The second-order valence-corrected chi connectivity index (χ2v) is 6.35. The minimum absolute atomic E-state index is 0. The number of hydrogen-bond acceptors (Lipinski definition) is 1. The molecular weight excluding hydrogens is 409 g/mol. The summed E-state index contributed by atoms with van der Waals surface area (Å²) < 4.78 is 0. The summed E-state index contributed by atoms with van der Waals surface area (Å²) in [5.41, 5.74) is 2.98. The summed E-state index contributed by atoms with van der Waals surface area (Å²) in [6, 6.07) is 21.5. The molecule has 0 spiro atoms. The fraction of sp³-hybridized carbons (Fsp3) is 0.350. The summed E-state index contributed by atoms with van der Waals surface area (Å²) in [5, 5.41) is 6.98. The van der Waals surface area contributed by atoms with Gasteiger partial charge in [-0.05, 0) is 30.9 Å². The van der Waals surface area contributed by atoms with Crippen molar-refractivity contribution in [2.75, 3.05) is 13.6 Å². The van der Waals surface area contributed by atoms with Gasteiger partial charge in [0, 0.05) is 19.0 Å². The molecule has 0 radical (unpaired) electrons. The van der Waals surface area contributed by atoms with Crippen LogP contribution in [-0.2, 0) is 5.41 Å². The van der Waals surface area contributed by atoms with E-state index in [1.165, 1.54) is 24.0 Å². The van der Waals surface area contributed by atoms with Crippen molar-refractivity contribution in [2.45, 2.75) is 31.2 Å². The van der Waals surface area contributed by atoms with Gasteiger partial charge >= 0.3 is 0 Å². The molecular formula is C20H26IN3. The first-order valence-corrected chi connectivity index (χ1v) is 8.31. The highest BCUT2D eigenvalue weighted by Gasteiger charge is 2.44. The summed E-state index contributed by atoms with van der Waals surface area (Å²) in [4.78, 5) is 4.37. The van der Waals surface area contributed by atoms with E-state index >= 15 is 0 Å². The maximum Gasteiger partial charge on any atom is 0.191 e. The zero-order valence-electron chi connectivity index (χ0n) is 14.3. The van der Waals surface area contributed by atoms with Gasteiger partial charge in [0.15, 0.2) is 5.96 Å². The lowest BCUT2D eigenvalue weighted by Gasteiger charge is -2.22. The maximum atomic E-state index is 4.37. The maximum absolute atomic E-state index is 4.37. The van der Waals surface area contributed by atoms with Gasteiger partial charge in [-0.3, -0.25) is 4.99 Å². The van der Waals surface area contributed by atoms with Crippen LogP contribution in [0.3, 0.4) is 0 Å². The zero-order valence-corrected chi connectivity index (χ0v) is 16.7. The first kappa shape index (κ1) is 18.8. The van der Waals surface area contributed by atoms with Gasteiger partial charge in [-0.1, -0.05) is 60.7 Å². The van der Waals surface area contributed by atoms with Crippen molar-refractivity contribution >= 4 is 29.9 Å². The lowest BCUT2D eigenvalue weighted by molar-refractivity contribution is 0.626. The SMILES string of the molecule is CN=C(NCC1(c2ccccc2)CC1)NC(C)c1ccccc1.I. The Morgan fingerprint density at radius 1 is 1.04 bits per heavy atom. The monoisotopic (exact) mass is 435 g/mol. The van der Waals surface area contributed by atoms with E-state index in [1.807, 2.05) is 13.1 Å². The van der Waals surface area contributed by atoms with Crippen molar-refractivity contribution in [1.82, 2.24) is 10.6 Å². The van der Waals surface area contributed by atoms with Crippen LogP contribution < -0.4 is 10.6 Å². The Kier molecular flexibility index (Phi) is 6.66. The molecule has 1 aliphatic carbocycles. The van der Waals surface area contributed by atoms with Crippen LogP contribution in [-0.4, -0.2) is 19.6 Å². The zero-order chi connectivity index (χ0) is 16.1. The Hall–Kier alpha value is -1.56. The predicted molar refractivity (Wildman–Crippen MR) is 112 cm³/mol. The number of benzene rings is 2. The minimum Gasteiger partial charge on any atom is -0.356 e. The normalized spacial score (nSPS) is 16.7. The van der Waals surface area contributed by atoms with Crippen molar-refractivity contribution in [3.63, 3.8) is 0 Å². The number of aliphatic imine (C=N–C) groups is 1. The van der Waals surface area contributed by atoms with Crippen LogP contribution in [0.15, 0.2) is 65.7 Å². The molecule has 3 rings (SSSR count). The highest BCUT2D eigenvalue weighted by atomic mass is 127. The van der Waals surface area contributed by atoms with Crippen LogP contribution in [0.4, 0.5) is 0 Å². The van der Waals surface area contributed by atoms with E-state index in [0.717, 1.165) is 12.5 Å². The number of nitrogens with one attached hydrogen (secondary N) is 2. The van der Waals surface area contributed by atoms with Gasteiger partial charge in [-0.25, -0.2) is 0 Å². The molecule has 1 aliphatic rings. The number of guanidine groups is 1. The molecule has 0 aliphatic heterocycles. The van der Waals surface area contributed by atoms with Gasteiger partial charge in [-0.2, -0.15) is 0 Å². The van der Waals surface area contributed by atoms with Crippen molar-refractivity contribution < 1.29 is 0 Å². The van der Waals surface area contributed by atoms with Crippen LogP contribution >= 0.6 is 24.0 Å². The van der Waals surface area contributed by atoms with E-state index in [2.05, 4.69) is 77.1 Å². The lowest BCUT2D eigenvalue weighted by atomic mass is 9.96. The average Bonchev–Trinajstić information content (AvgIpc) is 3.41. The second kappa shape index (κ2) is 8.51. The first-order valence-electron chi connectivity index (χ1n) is 8.31. The van der Waals surface area contributed by atoms with E-state index in [0.29, 0.717) is 0 Å². The van der Waals surface area contributed by atoms with Crippen molar-refractivity contribution in [3.8, 4) is 0 Å². The van der Waals surface area contributed by atoms with E-state index in [1.54, 1.807) is 0 Å². The first-order chi connectivity index (χ1) is 11.2. The molecule has 1 saturated carbocycles. The van der Waals surface area contributed by atoms with Gasteiger partial charge in [0.25, 0.3) is 0 Å². The molecule has 0 bridgehead atoms. The third-order valence-electron chi connectivity index (χ3n) is 4.71. The molecule has 24 heavy (non-hydrogen) atoms. The van der Waals surface area contributed by atoms with Crippen molar-refractivity contribution in [2.24, 2.45) is 4.99 Å². The van der Waals surface area contributed by atoms with Crippen LogP contribution in [0.25, 0.3) is 0 Å². The molecule has 1 fully saturated rings. The quantitative estimate of drug-likeness (QED) is 0.418. The fourth-order valence-electron chi connectivity index (χ4n) is 2.99. The summed E-state index contributed by atoms with van der Waals surface area (Å²) >= 11 is 0. The Labute approximate surface area is 162 Å². The third kappa shape index (κ3) is 4.50. The lowest BCUT2D eigenvalue weighted by Crippen LogP contribution is -2.42. The van der Waals surface area contributed by atoms with Crippen LogP contribution in [0.2, 0.25) is 0 Å². The smallest absolute Gasteiger partial charge is 0.191 e. The van der Waals surface area contributed by atoms with Gasteiger partial charge in [0.1, 0.15) is 0 Å². The summed E-state index contributed by atoms with van der Waals surface area (Å²) in [6.07, 6.45) is 2.49. The molecule has 0 saturated heterocycles. The van der Waals surface area contributed by atoms with E-state index < -0.39 is 0 Å². The second-order valence-electron chi connectivity index (χ2n) is 6.35. The molecule has 4 heteroatoms. The highest BCUT2D eigenvalue weighted by Crippen LogP contribution is 2.47. The number of nitrogens with zero attached hydrogens (tertiary/aromatic N) is 1. The average molecular weight is 435 g/mol. The van der Waals surface area contributed by atoms with Gasteiger partial charge < -0.3 is 10.6 Å². The summed E-state index contributed by atoms with van der Waals surface area (Å²) in [5.74, 6) is 0.864. The largest absolute Gasteiger partial charge is 0.356 e. The minimum atomic E-state index is 0. The molecule has 0 aromatic heterocycles. The van der Waals surface area contributed by atoms with Gasteiger partial charge in [-0.15, -0.1) is 24.0 Å². The van der Waals surface area contributed by atoms with Crippen LogP contribution in [0, 0.1) is 0 Å². The molecule has 0 amide bonds. The molecule has 2 N–H and O–H groups in total. The fourth-order valence-corrected chi connectivity index (χ4v) is 2.99. The number of rotatable bonds is 5. The third-order valence-corrected chi connectivity index (χ3v) is 4.71. The van der Waals surface area contributed by atoms with E-state index in [-0.39, 0.29) is 35.4 Å². The molecule has 1 unspecified atom stereocenters. The Bertz CT molecular complexity index is 651. The van der Waals surface area contributed by atoms with Gasteiger partial charge in [0.05, 0.1) is 6.04 Å². The van der Waals surface area contributed by atoms with Crippen LogP contribution in [0.5, 0.6) is 0 Å². The molecule has 3 nitrogen and oxygen atoms in total. The van der Waals surface area contributed by atoms with E-state index in [9.17, 15) is 0 Å². The summed E-state index contributed by atoms with van der Waals surface area (Å²) in [6.45, 7) is 3.09. The molecule has 2 aromatic rings. The Morgan fingerprint density at radius 2 is 1.62 bits per heavy atom. The predicted octanol–water partition coefficient (Wildman–Crippen LogP) is 4.26. The molecule has 2 aromatic carbocycles. The van der Waals surface area contributed by atoms with Crippen molar-refractivity contribution in [3.05, 3.63) is 71.8 Å². The Morgan fingerprint density at radius 3 is 2.17 bits per heavy atom. The Balaban J connectivity index is 0.00000208. The molecule has 1 atom stereocenters. The highest BCUT2D eigenvalue weighted by molar-refractivity contribution is 14.0.